The van der Waals surface area contributed by atoms with Gasteiger partial charge in [-0.1, -0.05) is 19.8 Å². The summed E-state index contributed by atoms with van der Waals surface area (Å²) in [6.45, 7) is 2.38. The largest absolute Gasteiger partial charge is 0.400 e. The zero-order chi connectivity index (χ0) is 15.3. The van der Waals surface area contributed by atoms with Crippen LogP contribution < -0.4 is 0 Å². The molecule has 4 aliphatic rings. The van der Waals surface area contributed by atoms with Gasteiger partial charge in [-0.25, -0.2) is 0 Å². The number of hydrogen-bond acceptors (Lipinski definition) is 2. The summed E-state index contributed by atoms with van der Waals surface area (Å²) in [5.74, 6) is 7.25. The van der Waals surface area contributed by atoms with E-state index in [1.54, 1.807) is 19.3 Å². The molecule has 3 heteroatoms. The lowest BCUT2D eigenvalue weighted by molar-refractivity contribution is 0.0887. The van der Waals surface area contributed by atoms with E-state index >= 15 is 0 Å². The van der Waals surface area contributed by atoms with Gasteiger partial charge in [0.2, 0.25) is 0 Å². The molecule has 4 bridgehead atoms. The van der Waals surface area contributed by atoms with Crippen molar-refractivity contribution in [3.63, 3.8) is 0 Å². The first-order valence-corrected chi connectivity index (χ1v) is 11.4. The summed E-state index contributed by atoms with van der Waals surface area (Å²) >= 11 is 0. The van der Waals surface area contributed by atoms with Crippen LogP contribution in [0.15, 0.2) is 0 Å². The van der Waals surface area contributed by atoms with Crippen molar-refractivity contribution in [2.45, 2.75) is 63.8 Å². The van der Waals surface area contributed by atoms with E-state index in [9.17, 15) is 0 Å². The summed E-state index contributed by atoms with van der Waals surface area (Å²) in [7, 11) is 2.29. The van der Waals surface area contributed by atoms with Gasteiger partial charge in [-0.05, 0) is 80.0 Å². The highest BCUT2D eigenvalue weighted by atomic mass is 28.3. The standard InChI is InChI=1S/C19H34O2Si/c1-4-17(22(20-2)21-3)19-15-8-7-14(11-15)18(19)16-10-12-5-6-13(16)9-12/h12-19,22H,4-11H2,1-3H3. The summed E-state index contributed by atoms with van der Waals surface area (Å²) in [5.41, 5.74) is 0.745. The van der Waals surface area contributed by atoms with Crippen LogP contribution in [-0.4, -0.2) is 23.5 Å². The molecule has 22 heavy (non-hydrogen) atoms. The molecule has 0 amide bonds. The SMILES string of the molecule is CCC(C1C2CCC(C2)C1C1CC2CCC1C2)[SiH](OC)OC. The Hall–Kier alpha value is 0.137. The van der Waals surface area contributed by atoms with E-state index in [0.717, 1.165) is 47.0 Å². The first-order chi connectivity index (χ1) is 10.8. The van der Waals surface area contributed by atoms with Gasteiger partial charge in [0, 0.05) is 19.8 Å². The number of fused-ring (bicyclic) bond motifs is 4. The molecule has 8 unspecified atom stereocenters. The van der Waals surface area contributed by atoms with Crippen molar-refractivity contribution in [1.82, 2.24) is 0 Å². The van der Waals surface area contributed by atoms with Crippen LogP contribution in [0.4, 0.5) is 0 Å². The van der Waals surface area contributed by atoms with E-state index in [1.165, 1.54) is 32.1 Å². The van der Waals surface area contributed by atoms with E-state index in [4.69, 9.17) is 8.85 Å². The van der Waals surface area contributed by atoms with Gasteiger partial charge < -0.3 is 8.85 Å². The third-order valence-corrected chi connectivity index (χ3v) is 10.7. The molecule has 2 nitrogen and oxygen atoms in total. The highest BCUT2D eigenvalue weighted by Crippen LogP contribution is 2.64. The Morgan fingerprint density at radius 2 is 1.64 bits per heavy atom. The maximum absolute atomic E-state index is 5.86. The second-order valence-corrected chi connectivity index (χ2v) is 11.3. The molecule has 0 aliphatic heterocycles. The van der Waals surface area contributed by atoms with E-state index in [1.807, 2.05) is 14.2 Å². The van der Waals surface area contributed by atoms with Gasteiger partial charge in [0.05, 0.1) is 0 Å². The fourth-order valence-electron chi connectivity index (χ4n) is 7.51. The molecule has 4 fully saturated rings. The molecule has 4 aliphatic carbocycles. The molecule has 4 rings (SSSR count). The molecule has 0 aromatic rings. The summed E-state index contributed by atoms with van der Waals surface area (Å²) in [6.07, 6.45) is 12.0. The molecule has 0 aromatic heterocycles. The van der Waals surface area contributed by atoms with Gasteiger partial charge in [0.15, 0.2) is 0 Å². The zero-order valence-electron chi connectivity index (χ0n) is 14.7. The van der Waals surface area contributed by atoms with Crippen molar-refractivity contribution in [3.05, 3.63) is 0 Å². The Bertz CT molecular complexity index is 397. The quantitative estimate of drug-likeness (QED) is 0.676. The third-order valence-electron chi connectivity index (χ3n) is 8.11. The summed E-state index contributed by atoms with van der Waals surface area (Å²) in [6, 6.07) is 0. The summed E-state index contributed by atoms with van der Waals surface area (Å²) in [5, 5.41) is 0. The van der Waals surface area contributed by atoms with Crippen LogP contribution in [0.2, 0.25) is 5.54 Å². The van der Waals surface area contributed by atoms with Crippen LogP contribution in [-0.2, 0) is 8.85 Å². The van der Waals surface area contributed by atoms with E-state index in [-0.39, 0.29) is 0 Å². The van der Waals surface area contributed by atoms with Crippen molar-refractivity contribution >= 4 is 9.28 Å². The molecule has 8 atom stereocenters. The minimum atomic E-state index is -1.49. The van der Waals surface area contributed by atoms with Crippen LogP contribution in [0.5, 0.6) is 0 Å². The van der Waals surface area contributed by atoms with Gasteiger partial charge in [0.1, 0.15) is 0 Å². The minimum absolute atomic E-state index is 0.745. The first kappa shape index (κ1) is 15.7. The molecule has 0 N–H and O–H groups in total. The topological polar surface area (TPSA) is 18.5 Å². The van der Waals surface area contributed by atoms with Crippen molar-refractivity contribution in [3.8, 4) is 0 Å². The molecule has 0 spiro atoms. The van der Waals surface area contributed by atoms with Crippen LogP contribution in [0, 0.1) is 41.4 Å². The Kier molecular flexibility index (Phi) is 4.42. The monoisotopic (exact) mass is 322 g/mol. The predicted molar refractivity (Wildman–Crippen MR) is 92.0 cm³/mol. The van der Waals surface area contributed by atoms with Crippen LogP contribution in [0.3, 0.4) is 0 Å². The second-order valence-electron chi connectivity index (χ2n) is 8.74. The molecule has 4 saturated carbocycles. The zero-order valence-corrected chi connectivity index (χ0v) is 15.8. The summed E-state index contributed by atoms with van der Waals surface area (Å²) in [4.78, 5) is 0. The van der Waals surface area contributed by atoms with Gasteiger partial charge in [0.25, 0.3) is 0 Å². The molecular formula is C19H34O2Si. The van der Waals surface area contributed by atoms with E-state index < -0.39 is 9.28 Å². The normalized spacial score (nSPS) is 47.7. The van der Waals surface area contributed by atoms with Gasteiger partial charge in [-0.3, -0.25) is 0 Å². The lowest BCUT2D eigenvalue weighted by Gasteiger charge is -2.43. The van der Waals surface area contributed by atoms with E-state index in [0.29, 0.717) is 0 Å². The highest BCUT2D eigenvalue weighted by molar-refractivity contribution is 6.46. The molecular weight excluding hydrogens is 288 g/mol. The maximum Gasteiger partial charge on any atom is 0.324 e. The molecule has 0 aromatic carbocycles. The predicted octanol–water partition coefficient (Wildman–Crippen LogP) is 4.38. The number of hydrogen-bond donors (Lipinski definition) is 0. The highest BCUT2D eigenvalue weighted by Gasteiger charge is 2.57. The van der Waals surface area contributed by atoms with Gasteiger partial charge in [-0.15, -0.1) is 0 Å². The average Bonchev–Trinajstić information content (AvgIpc) is 3.31. The van der Waals surface area contributed by atoms with Crippen molar-refractivity contribution in [1.29, 1.82) is 0 Å². The van der Waals surface area contributed by atoms with Gasteiger partial charge in [-0.2, -0.15) is 0 Å². The van der Waals surface area contributed by atoms with Crippen LogP contribution >= 0.6 is 0 Å². The second kappa shape index (κ2) is 6.21. The lowest BCUT2D eigenvalue weighted by atomic mass is 9.66. The Balaban J connectivity index is 1.58. The molecule has 0 heterocycles. The molecule has 0 saturated heterocycles. The summed E-state index contributed by atoms with van der Waals surface area (Å²) < 4.78 is 11.7. The molecule has 0 radical (unpaired) electrons. The van der Waals surface area contributed by atoms with Crippen LogP contribution in [0.1, 0.15) is 58.3 Å². The van der Waals surface area contributed by atoms with E-state index in [2.05, 4.69) is 6.92 Å². The van der Waals surface area contributed by atoms with Gasteiger partial charge >= 0.3 is 9.28 Å². The average molecular weight is 323 g/mol. The fraction of sp³-hybridized carbons (Fsp3) is 1.00. The van der Waals surface area contributed by atoms with Crippen molar-refractivity contribution in [2.24, 2.45) is 41.4 Å². The Labute approximate surface area is 138 Å². The Morgan fingerprint density at radius 1 is 0.909 bits per heavy atom. The Morgan fingerprint density at radius 3 is 2.23 bits per heavy atom. The molecule has 126 valence electrons. The minimum Gasteiger partial charge on any atom is -0.400 e. The number of rotatable bonds is 6. The lowest BCUT2D eigenvalue weighted by Crippen LogP contribution is -2.40. The first-order valence-electron chi connectivity index (χ1n) is 9.82. The smallest absolute Gasteiger partial charge is 0.324 e. The third kappa shape index (κ3) is 2.34. The van der Waals surface area contributed by atoms with Crippen molar-refractivity contribution < 1.29 is 8.85 Å². The van der Waals surface area contributed by atoms with Crippen LogP contribution in [0.25, 0.3) is 0 Å². The maximum atomic E-state index is 5.86. The fourth-order valence-corrected chi connectivity index (χ4v) is 9.72. The van der Waals surface area contributed by atoms with Crippen molar-refractivity contribution in [2.75, 3.05) is 14.2 Å².